The van der Waals surface area contributed by atoms with E-state index in [1.54, 1.807) is 7.05 Å². The molecule has 0 atom stereocenters. The summed E-state index contributed by atoms with van der Waals surface area (Å²) in [6, 6.07) is 0. The quantitative estimate of drug-likeness (QED) is 0.484. The SMILES string of the molecule is CN=C(N)NCC(C)(C)CN(C)C. The maximum Gasteiger partial charge on any atom is 0.188 e. The summed E-state index contributed by atoms with van der Waals surface area (Å²) in [5, 5.41) is 3.08. The normalized spacial score (nSPS) is 13.5. The maximum atomic E-state index is 5.54. The molecule has 78 valence electrons. The van der Waals surface area contributed by atoms with Gasteiger partial charge in [0.2, 0.25) is 0 Å². The van der Waals surface area contributed by atoms with Gasteiger partial charge in [-0.15, -0.1) is 0 Å². The van der Waals surface area contributed by atoms with Crippen LogP contribution in [0.3, 0.4) is 0 Å². The first kappa shape index (κ1) is 12.2. The number of nitrogens with zero attached hydrogens (tertiary/aromatic N) is 2. The molecule has 0 aromatic carbocycles. The standard InChI is InChI=1S/C9H22N4/c1-9(2,7-13(4)5)6-12-8(10)11-3/h6-7H2,1-5H3,(H3,10,11,12). The van der Waals surface area contributed by atoms with E-state index in [1.807, 2.05) is 0 Å². The Morgan fingerprint density at radius 3 is 2.38 bits per heavy atom. The highest BCUT2D eigenvalue weighted by Crippen LogP contribution is 2.13. The molecule has 0 aromatic heterocycles. The van der Waals surface area contributed by atoms with Crippen LogP contribution >= 0.6 is 0 Å². The molecule has 0 aliphatic rings. The topological polar surface area (TPSA) is 53.6 Å². The van der Waals surface area contributed by atoms with Crippen LogP contribution in [0.25, 0.3) is 0 Å². The second-order valence-corrected chi connectivity index (χ2v) is 4.36. The van der Waals surface area contributed by atoms with E-state index in [0.717, 1.165) is 13.1 Å². The summed E-state index contributed by atoms with van der Waals surface area (Å²) >= 11 is 0. The van der Waals surface area contributed by atoms with Crippen LogP contribution in [0.15, 0.2) is 4.99 Å². The van der Waals surface area contributed by atoms with E-state index in [1.165, 1.54) is 0 Å². The van der Waals surface area contributed by atoms with Gasteiger partial charge in [0, 0.05) is 20.1 Å². The Labute approximate surface area is 81.2 Å². The van der Waals surface area contributed by atoms with Gasteiger partial charge >= 0.3 is 0 Å². The van der Waals surface area contributed by atoms with Crippen molar-refractivity contribution in [1.29, 1.82) is 0 Å². The Kier molecular flexibility index (Phi) is 4.77. The second kappa shape index (κ2) is 5.07. The molecule has 0 spiro atoms. The van der Waals surface area contributed by atoms with Gasteiger partial charge in [-0.25, -0.2) is 0 Å². The molecule has 0 radical (unpaired) electrons. The van der Waals surface area contributed by atoms with Crippen molar-refractivity contribution in [3.8, 4) is 0 Å². The van der Waals surface area contributed by atoms with E-state index in [4.69, 9.17) is 5.73 Å². The summed E-state index contributed by atoms with van der Waals surface area (Å²) in [5.74, 6) is 0.506. The first-order chi connectivity index (χ1) is 5.87. The first-order valence-electron chi connectivity index (χ1n) is 4.48. The summed E-state index contributed by atoms with van der Waals surface area (Å²) in [6.45, 7) is 6.26. The van der Waals surface area contributed by atoms with Crippen molar-refractivity contribution in [2.45, 2.75) is 13.8 Å². The van der Waals surface area contributed by atoms with Crippen LogP contribution in [0.4, 0.5) is 0 Å². The predicted octanol–water partition coefficient (Wildman–Crippen LogP) is 0.108. The third-order valence-corrected chi connectivity index (χ3v) is 1.73. The van der Waals surface area contributed by atoms with Crippen molar-refractivity contribution in [2.75, 3.05) is 34.2 Å². The second-order valence-electron chi connectivity index (χ2n) is 4.36. The van der Waals surface area contributed by atoms with Gasteiger partial charge < -0.3 is 16.0 Å². The zero-order valence-corrected chi connectivity index (χ0v) is 9.39. The molecule has 0 unspecified atom stereocenters. The monoisotopic (exact) mass is 186 g/mol. The fourth-order valence-corrected chi connectivity index (χ4v) is 1.32. The lowest BCUT2D eigenvalue weighted by Crippen LogP contribution is -2.42. The van der Waals surface area contributed by atoms with Crippen molar-refractivity contribution in [1.82, 2.24) is 10.2 Å². The minimum Gasteiger partial charge on any atom is -0.370 e. The Bertz CT molecular complexity index is 172. The summed E-state index contributed by atoms with van der Waals surface area (Å²) in [4.78, 5) is 6.01. The van der Waals surface area contributed by atoms with E-state index in [9.17, 15) is 0 Å². The summed E-state index contributed by atoms with van der Waals surface area (Å²) < 4.78 is 0. The van der Waals surface area contributed by atoms with Gasteiger partial charge in [-0.2, -0.15) is 0 Å². The lowest BCUT2D eigenvalue weighted by atomic mass is 9.93. The number of nitrogens with two attached hydrogens (primary N) is 1. The van der Waals surface area contributed by atoms with Crippen LogP contribution < -0.4 is 11.1 Å². The predicted molar refractivity (Wildman–Crippen MR) is 57.9 cm³/mol. The van der Waals surface area contributed by atoms with Gasteiger partial charge in [0.25, 0.3) is 0 Å². The number of nitrogens with one attached hydrogen (secondary N) is 1. The van der Waals surface area contributed by atoms with Gasteiger partial charge in [0.15, 0.2) is 5.96 Å². The third-order valence-electron chi connectivity index (χ3n) is 1.73. The average molecular weight is 186 g/mol. The molecule has 0 saturated carbocycles. The highest BCUT2D eigenvalue weighted by molar-refractivity contribution is 5.77. The minimum atomic E-state index is 0.207. The number of hydrogen-bond donors (Lipinski definition) is 2. The molecule has 3 N–H and O–H groups in total. The van der Waals surface area contributed by atoms with E-state index >= 15 is 0 Å². The molecule has 0 aliphatic carbocycles. The molecule has 0 aromatic rings. The van der Waals surface area contributed by atoms with Crippen LogP contribution in [0.5, 0.6) is 0 Å². The molecule has 0 rings (SSSR count). The Morgan fingerprint density at radius 2 is 2.00 bits per heavy atom. The van der Waals surface area contributed by atoms with Crippen molar-refractivity contribution in [2.24, 2.45) is 16.1 Å². The van der Waals surface area contributed by atoms with Crippen molar-refractivity contribution in [3.05, 3.63) is 0 Å². The smallest absolute Gasteiger partial charge is 0.188 e. The molecular formula is C9H22N4. The first-order valence-corrected chi connectivity index (χ1v) is 4.48. The molecule has 0 heterocycles. The van der Waals surface area contributed by atoms with Crippen LogP contribution in [0.1, 0.15) is 13.8 Å². The number of rotatable bonds is 4. The lowest BCUT2D eigenvalue weighted by molar-refractivity contribution is 0.241. The molecular weight excluding hydrogens is 164 g/mol. The molecule has 0 aliphatic heterocycles. The van der Waals surface area contributed by atoms with E-state index < -0.39 is 0 Å². The molecule has 0 saturated heterocycles. The average Bonchev–Trinajstić information content (AvgIpc) is 1.98. The van der Waals surface area contributed by atoms with E-state index in [-0.39, 0.29) is 5.41 Å². The van der Waals surface area contributed by atoms with Gasteiger partial charge in [-0.1, -0.05) is 13.8 Å². The van der Waals surface area contributed by atoms with Gasteiger partial charge in [-0.3, -0.25) is 4.99 Å². The van der Waals surface area contributed by atoms with Crippen molar-refractivity contribution in [3.63, 3.8) is 0 Å². The molecule has 0 amide bonds. The van der Waals surface area contributed by atoms with Gasteiger partial charge in [-0.05, 0) is 19.5 Å². The Balaban J connectivity index is 3.88. The maximum absolute atomic E-state index is 5.54. The summed E-state index contributed by atoms with van der Waals surface area (Å²) in [5.41, 5.74) is 5.74. The van der Waals surface area contributed by atoms with Crippen LogP contribution in [0, 0.1) is 5.41 Å². The number of aliphatic imine (C=N–C) groups is 1. The summed E-state index contributed by atoms with van der Waals surface area (Å²) in [7, 11) is 5.82. The third kappa shape index (κ3) is 6.40. The fraction of sp³-hybridized carbons (Fsp3) is 0.889. The van der Waals surface area contributed by atoms with Crippen molar-refractivity contribution < 1.29 is 0 Å². The zero-order valence-electron chi connectivity index (χ0n) is 9.39. The van der Waals surface area contributed by atoms with Crippen molar-refractivity contribution >= 4 is 5.96 Å². The Hall–Kier alpha value is -0.770. The van der Waals surface area contributed by atoms with Crippen LogP contribution in [0.2, 0.25) is 0 Å². The number of guanidine groups is 1. The summed E-state index contributed by atoms with van der Waals surface area (Å²) in [6.07, 6.45) is 0. The van der Waals surface area contributed by atoms with Crippen LogP contribution in [-0.2, 0) is 0 Å². The molecule has 0 fully saturated rings. The largest absolute Gasteiger partial charge is 0.370 e. The highest BCUT2D eigenvalue weighted by atomic mass is 15.1. The molecule has 0 bridgehead atoms. The lowest BCUT2D eigenvalue weighted by Gasteiger charge is -2.28. The van der Waals surface area contributed by atoms with Gasteiger partial charge in [0.05, 0.1) is 0 Å². The number of hydrogen-bond acceptors (Lipinski definition) is 2. The van der Waals surface area contributed by atoms with E-state index in [0.29, 0.717) is 5.96 Å². The molecule has 4 heteroatoms. The fourth-order valence-electron chi connectivity index (χ4n) is 1.32. The Morgan fingerprint density at radius 1 is 1.46 bits per heavy atom. The molecule has 13 heavy (non-hydrogen) atoms. The highest BCUT2D eigenvalue weighted by Gasteiger charge is 2.18. The minimum absolute atomic E-state index is 0.207. The molecule has 4 nitrogen and oxygen atoms in total. The zero-order chi connectivity index (χ0) is 10.5. The van der Waals surface area contributed by atoms with Gasteiger partial charge in [0.1, 0.15) is 0 Å². The van der Waals surface area contributed by atoms with E-state index in [2.05, 4.69) is 43.2 Å². The van der Waals surface area contributed by atoms with Crippen LogP contribution in [-0.4, -0.2) is 45.1 Å².